The smallest absolute Gasteiger partial charge is 0.223 e. The molecule has 1 aliphatic heterocycles. The fourth-order valence-electron chi connectivity index (χ4n) is 2.35. The summed E-state index contributed by atoms with van der Waals surface area (Å²) in [5, 5.41) is 0. The van der Waals surface area contributed by atoms with Crippen molar-refractivity contribution >= 4 is 11.8 Å². The molecule has 0 radical (unpaired) electrons. The van der Waals surface area contributed by atoms with Gasteiger partial charge in [0.1, 0.15) is 0 Å². The summed E-state index contributed by atoms with van der Waals surface area (Å²) in [7, 11) is 1.59. The molecule has 1 aliphatic rings. The first kappa shape index (κ1) is 15.2. The predicted octanol–water partition coefficient (Wildman–Crippen LogP) is 0.798. The highest BCUT2D eigenvalue weighted by molar-refractivity contribution is 5.88. The molecule has 2 amide bonds. The van der Waals surface area contributed by atoms with E-state index in [4.69, 9.17) is 15.2 Å². The number of carbonyl (C=O) groups is 2. The van der Waals surface area contributed by atoms with Gasteiger partial charge in [-0.05, 0) is 18.6 Å². The number of benzene rings is 1. The monoisotopic (exact) mass is 292 g/mol. The lowest BCUT2D eigenvalue weighted by molar-refractivity contribution is -0.128. The molecule has 0 saturated carbocycles. The summed E-state index contributed by atoms with van der Waals surface area (Å²) in [5.41, 5.74) is 5.23. The lowest BCUT2D eigenvalue weighted by atomic mass is 10.1. The Labute approximate surface area is 123 Å². The Hall–Kier alpha value is -2.24. The Balaban J connectivity index is 1.75. The molecule has 114 valence electrons. The van der Waals surface area contributed by atoms with Gasteiger partial charge in [0.05, 0.1) is 19.6 Å². The summed E-state index contributed by atoms with van der Waals surface area (Å²) in [4.78, 5) is 24.5. The zero-order valence-electron chi connectivity index (χ0n) is 12.1. The molecule has 0 aromatic heterocycles. The van der Waals surface area contributed by atoms with Crippen LogP contribution in [0.3, 0.4) is 0 Å². The van der Waals surface area contributed by atoms with Gasteiger partial charge in [0.25, 0.3) is 0 Å². The van der Waals surface area contributed by atoms with E-state index in [9.17, 15) is 9.59 Å². The summed E-state index contributed by atoms with van der Waals surface area (Å²) in [5.74, 6) is 0.589. The maximum atomic E-state index is 11.7. The summed E-state index contributed by atoms with van der Waals surface area (Å²) in [6.45, 7) is 1.46. The van der Waals surface area contributed by atoms with Gasteiger partial charge in [0.15, 0.2) is 11.5 Å². The van der Waals surface area contributed by atoms with Crippen LogP contribution in [-0.2, 0) is 9.59 Å². The molecular weight excluding hydrogens is 272 g/mol. The SMILES string of the molecule is COc1ccccc1OCCCN1CC(C(N)=O)CC1=O. The number of nitrogens with two attached hydrogens (primary N) is 1. The topological polar surface area (TPSA) is 81.9 Å². The zero-order chi connectivity index (χ0) is 15.2. The van der Waals surface area contributed by atoms with Crippen molar-refractivity contribution in [3.8, 4) is 11.5 Å². The van der Waals surface area contributed by atoms with Crippen molar-refractivity contribution in [3.05, 3.63) is 24.3 Å². The van der Waals surface area contributed by atoms with Gasteiger partial charge in [0.2, 0.25) is 11.8 Å². The normalized spacial score (nSPS) is 17.9. The Kier molecular flexibility index (Phi) is 5.03. The third kappa shape index (κ3) is 3.87. The van der Waals surface area contributed by atoms with Crippen LogP contribution in [0.4, 0.5) is 0 Å². The number of likely N-dealkylation sites (tertiary alicyclic amines) is 1. The van der Waals surface area contributed by atoms with Crippen LogP contribution in [0.25, 0.3) is 0 Å². The molecule has 1 atom stereocenters. The number of nitrogens with zero attached hydrogens (tertiary/aromatic N) is 1. The van der Waals surface area contributed by atoms with Gasteiger partial charge in [-0.3, -0.25) is 9.59 Å². The number of carbonyl (C=O) groups excluding carboxylic acids is 2. The molecule has 1 heterocycles. The molecule has 1 saturated heterocycles. The van der Waals surface area contributed by atoms with Gasteiger partial charge in [-0.2, -0.15) is 0 Å². The first-order valence-electron chi connectivity index (χ1n) is 6.94. The second-order valence-corrected chi connectivity index (χ2v) is 5.00. The second-order valence-electron chi connectivity index (χ2n) is 5.00. The first-order valence-corrected chi connectivity index (χ1v) is 6.94. The van der Waals surface area contributed by atoms with Gasteiger partial charge < -0.3 is 20.1 Å². The van der Waals surface area contributed by atoms with Gasteiger partial charge in [0, 0.05) is 19.5 Å². The van der Waals surface area contributed by atoms with E-state index in [0.29, 0.717) is 37.6 Å². The Morgan fingerprint density at radius 2 is 2.10 bits per heavy atom. The van der Waals surface area contributed by atoms with Crippen LogP contribution in [0.5, 0.6) is 11.5 Å². The van der Waals surface area contributed by atoms with Crippen LogP contribution in [0, 0.1) is 5.92 Å². The Morgan fingerprint density at radius 1 is 1.38 bits per heavy atom. The number of para-hydroxylation sites is 2. The maximum Gasteiger partial charge on any atom is 0.223 e. The van der Waals surface area contributed by atoms with Gasteiger partial charge >= 0.3 is 0 Å². The van der Waals surface area contributed by atoms with E-state index in [1.165, 1.54) is 0 Å². The molecule has 1 fully saturated rings. The van der Waals surface area contributed by atoms with Crippen LogP contribution >= 0.6 is 0 Å². The average Bonchev–Trinajstić information content (AvgIpc) is 2.85. The van der Waals surface area contributed by atoms with Crippen molar-refractivity contribution in [1.29, 1.82) is 0 Å². The molecular formula is C15H20N2O4. The van der Waals surface area contributed by atoms with Crippen molar-refractivity contribution in [2.45, 2.75) is 12.8 Å². The summed E-state index contributed by atoms with van der Waals surface area (Å²) >= 11 is 0. The molecule has 6 heteroatoms. The van der Waals surface area contributed by atoms with Crippen molar-refractivity contribution < 1.29 is 19.1 Å². The average molecular weight is 292 g/mol. The summed E-state index contributed by atoms with van der Waals surface area (Å²) < 4.78 is 10.8. The number of rotatable bonds is 7. The third-order valence-corrected chi connectivity index (χ3v) is 3.52. The molecule has 2 N–H and O–H groups in total. The number of hydrogen-bond acceptors (Lipinski definition) is 4. The first-order chi connectivity index (χ1) is 10.1. The van der Waals surface area contributed by atoms with E-state index in [0.717, 1.165) is 0 Å². The number of ether oxygens (including phenoxy) is 2. The molecule has 1 aromatic carbocycles. The van der Waals surface area contributed by atoms with E-state index in [-0.39, 0.29) is 18.2 Å². The number of hydrogen-bond donors (Lipinski definition) is 1. The highest BCUT2D eigenvalue weighted by Crippen LogP contribution is 2.26. The van der Waals surface area contributed by atoms with Crippen LogP contribution < -0.4 is 15.2 Å². The second kappa shape index (κ2) is 6.97. The predicted molar refractivity (Wildman–Crippen MR) is 77.0 cm³/mol. The zero-order valence-corrected chi connectivity index (χ0v) is 12.1. The van der Waals surface area contributed by atoms with Crippen molar-refractivity contribution in [2.24, 2.45) is 11.7 Å². The van der Waals surface area contributed by atoms with E-state index in [1.54, 1.807) is 12.0 Å². The van der Waals surface area contributed by atoms with E-state index in [1.807, 2.05) is 24.3 Å². The third-order valence-electron chi connectivity index (χ3n) is 3.52. The minimum absolute atomic E-state index is 0.0175. The molecule has 0 bridgehead atoms. The fraction of sp³-hybridized carbons (Fsp3) is 0.467. The molecule has 6 nitrogen and oxygen atoms in total. The standard InChI is InChI=1S/C15H20N2O4/c1-20-12-5-2-3-6-13(12)21-8-4-7-17-10-11(15(16)19)9-14(17)18/h2-3,5-6,11H,4,7-10H2,1H3,(H2,16,19). The molecule has 21 heavy (non-hydrogen) atoms. The minimum atomic E-state index is -0.406. The van der Waals surface area contributed by atoms with Crippen LogP contribution in [0.1, 0.15) is 12.8 Å². The lowest BCUT2D eigenvalue weighted by Crippen LogP contribution is -2.30. The molecule has 2 rings (SSSR count). The van der Waals surface area contributed by atoms with Crippen LogP contribution in [-0.4, -0.2) is 43.5 Å². The molecule has 0 spiro atoms. The molecule has 1 unspecified atom stereocenters. The molecule has 0 aliphatic carbocycles. The van der Waals surface area contributed by atoms with E-state index >= 15 is 0 Å². The summed E-state index contributed by atoms with van der Waals surface area (Å²) in [6.07, 6.45) is 0.915. The number of primary amides is 1. The van der Waals surface area contributed by atoms with Crippen LogP contribution in [0.15, 0.2) is 24.3 Å². The summed E-state index contributed by atoms with van der Waals surface area (Å²) in [6, 6.07) is 7.41. The van der Waals surface area contributed by atoms with Gasteiger partial charge in [-0.15, -0.1) is 0 Å². The maximum absolute atomic E-state index is 11.7. The fourth-order valence-corrected chi connectivity index (χ4v) is 2.35. The minimum Gasteiger partial charge on any atom is -0.493 e. The quantitative estimate of drug-likeness (QED) is 0.754. The van der Waals surface area contributed by atoms with Crippen molar-refractivity contribution in [3.63, 3.8) is 0 Å². The van der Waals surface area contributed by atoms with Crippen LogP contribution in [0.2, 0.25) is 0 Å². The van der Waals surface area contributed by atoms with E-state index < -0.39 is 5.91 Å². The van der Waals surface area contributed by atoms with Gasteiger partial charge in [-0.25, -0.2) is 0 Å². The Bertz CT molecular complexity index is 518. The highest BCUT2D eigenvalue weighted by Gasteiger charge is 2.32. The Morgan fingerprint density at radius 3 is 2.71 bits per heavy atom. The number of amides is 2. The largest absolute Gasteiger partial charge is 0.493 e. The van der Waals surface area contributed by atoms with Crippen molar-refractivity contribution in [1.82, 2.24) is 4.90 Å². The van der Waals surface area contributed by atoms with E-state index in [2.05, 4.69) is 0 Å². The van der Waals surface area contributed by atoms with Crippen molar-refractivity contribution in [2.75, 3.05) is 26.8 Å². The number of methoxy groups -OCH3 is 1. The molecule has 1 aromatic rings. The highest BCUT2D eigenvalue weighted by atomic mass is 16.5. The van der Waals surface area contributed by atoms with Gasteiger partial charge in [-0.1, -0.05) is 12.1 Å². The lowest BCUT2D eigenvalue weighted by Gasteiger charge is -2.16.